The Bertz CT molecular complexity index is 810. The molecule has 0 radical (unpaired) electrons. The zero-order valence-corrected chi connectivity index (χ0v) is 19.7. The van der Waals surface area contributed by atoms with Crippen molar-refractivity contribution in [3.05, 3.63) is 60.2 Å². The minimum atomic E-state index is 0. The standard InChI is InChI=1S/C23H30N4O2.HI/c1-24-23(25-14-7-15-29-21-12-3-2-4-13-21)26-17-18-8-5-11-20(16-18)27-22(28)19-9-6-10-19;/h2-5,8,11-13,16,19H,6-7,9-10,14-15,17H2,1H3,(H,27,28)(H2,24,25,26);1H. The van der Waals surface area contributed by atoms with Crippen LogP contribution in [0.25, 0.3) is 0 Å². The molecule has 3 rings (SSSR count). The molecule has 1 fully saturated rings. The second-order valence-corrected chi connectivity index (χ2v) is 7.19. The van der Waals surface area contributed by atoms with Gasteiger partial charge in [0.15, 0.2) is 5.96 Å². The van der Waals surface area contributed by atoms with Crippen molar-refractivity contribution in [3.63, 3.8) is 0 Å². The summed E-state index contributed by atoms with van der Waals surface area (Å²) < 4.78 is 5.69. The average Bonchev–Trinajstić information content (AvgIpc) is 2.70. The molecule has 162 valence electrons. The lowest BCUT2D eigenvalue weighted by Gasteiger charge is -2.24. The molecule has 1 aliphatic carbocycles. The van der Waals surface area contributed by atoms with E-state index in [9.17, 15) is 4.79 Å². The summed E-state index contributed by atoms with van der Waals surface area (Å²) in [5.41, 5.74) is 1.94. The maximum Gasteiger partial charge on any atom is 0.227 e. The molecular weight excluding hydrogens is 491 g/mol. The number of ether oxygens (including phenoxy) is 1. The first kappa shape index (κ1) is 24.0. The van der Waals surface area contributed by atoms with Crippen molar-refractivity contribution in [2.75, 3.05) is 25.5 Å². The number of carbonyl (C=O) groups is 1. The Labute approximate surface area is 195 Å². The lowest BCUT2D eigenvalue weighted by atomic mass is 9.85. The van der Waals surface area contributed by atoms with Gasteiger partial charge in [-0.1, -0.05) is 36.8 Å². The Kier molecular flexibility index (Phi) is 10.5. The van der Waals surface area contributed by atoms with E-state index in [1.807, 2.05) is 54.6 Å². The minimum Gasteiger partial charge on any atom is -0.494 e. The van der Waals surface area contributed by atoms with Gasteiger partial charge in [0.25, 0.3) is 0 Å². The average molecular weight is 522 g/mol. The zero-order valence-electron chi connectivity index (χ0n) is 17.4. The first-order valence-corrected chi connectivity index (χ1v) is 10.3. The van der Waals surface area contributed by atoms with E-state index < -0.39 is 0 Å². The SMILES string of the molecule is CN=C(NCCCOc1ccccc1)NCc1cccc(NC(=O)C2CCC2)c1.I. The summed E-state index contributed by atoms with van der Waals surface area (Å²) in [5, 5.41) is 9.62. The van der Waals surface area contributed by atoms with Gasteiger partial charge in [-0.25, -0.2) is 0 Å². The van der Waals surface area contributed by atoms with Crippen molar-refractivity contribution in [1.82, 2.24) is 10.6 Å². The van der Waals surface area contributed by atoms with E-state index in [1.54, 1.807) is 7.05 Å². The second-order valence-electron chi connectivity index (χ2n) is 7.19. The first-order chi connectivity index (χ1) is 14.2. The van der Waals surface area contributed by atoms with Gasteiger partial charge in [0.1, 0.15) is 5.75 Å². The lowest BCUT2D eigenvalue weighted by Crippen LogP contribution is -2.37. The van der Waals surface area contributed by atoms with Crippen molar-refractivity contribution in [3.8, 4) is 5.75 Å². The molecule has 0 spiro atoms. The number of para-hydroxylation sites is 1. The molecule has 30 heavy (non-hydrogen) atoms. The van der Waals surface area contributed by atoms with Crippen molar-refractivity contribution in [2.24, 2.45) is 10.9 Å². The lowest BCUT2D eigenvalue weighted by molar-refractivity contribution is -0.122. The molecule has 1 amide bonds. The fourth-order valence-electron chi connectivity index (χ4n) is 3.07. The number of nitrogens with one attached hydrogen (secondary N) is 3. The Hall–Kier alpha value is -2.29. The van der Waals surface area contributed by atoms with Crippen LogP contribution in [-0.4, -0.2) is 32.1 Å². The maximum absolute atomic E-state index is 12.1. The van der Waals surface area contributed by atoms with Crippen LogP contribution in [0.2, 0.25) is 0 Å². The van der Waals surface area contributed by atoms with Crippen molar-refractivity contribution in [1.29, 1.82) is 0 Å². The number of hydrogen-bond donors (Lipinski definition) is 3. The highest BCUT2D eigenvalue weighted by molar-refractivity contribution is 14.0. The number of carbonyl (C=O) groups excluding carboxylic acids is 1. The fourth-order valence-corrected chi connectivity index (χ4v) is 3.07. The Morgan fingerprint density at radius 3 is 2.60 bits per heavy atom. The summed E-state index contributed by atoms with van der Waals surface area (Å²) in [4.78, 5) is 16.4. The van der Waals surface area contributed by atoms with Crippen LogP contribution in [0.5, 0.6) is 5.75 Å². The Balaban J connectivity index is 0.00000320. The molecule has 1 aliphatic rings. The summed E-state index contributed by atoms with van der Waals surface area (Å²) in [6.45, 7) is 2.05. The molecule has 1 saturated carbocycles. The van der Waals surface area contributed by atoms with Crippen molar-refractivity contribution < 1.29 is 9.53 Å². The third-order valence-electron chi connectivity index (χ3n) is 4.98. The quantitative estimate of drug-likeness (QED) is 0.200. The summed E-state index contributed by atoms with van der Waals surface area (Å²) in [5.74, 6) is 1.95. The Morgan fingerprint density at radius 1 is 1.10 bits per heavy atom. The van der Waals surface area contributed by atoms with Crippen LogP contribution in [0.1, 0.15) is 31.2 Å². The number of aliphatic imine (C=N–C) groups is 1. The summed E-state index contributed by atoms with van der Waals surface area (Å²) in [7, 11) is 1.76. The van der Waals surface area contributed by atoms with Gasteiger partial charge in [-0.05, 0) is 49.1 Å². The third kappa shape index (κ3) is 7.85. The molecular formula is C23H31IN4O2. The monoisotopic (exact) mass is 522 g/mol. The van der Waals surface area contributed by atoms with E-state index in [0.29, 0.717) is 13.2 Å². The van der Waals surface area contributed by atoms with Crippen LogP contribution in [0, 0.1) is 5.92 Å². The zero-order chi connectivity index (χ0) is 20.3. The predicted molar refractivity (Wildman–Crippen MR) is 133 cm³/mol. The van der Waals surface area contributed by atoms with Crippen molar-refractivity contribution in [2.45, 2.75) is 32.2 Å². The first-order valence-electron chi connectivity index (χ1n) is 10.3. The molecule has 0 bridgehead atoms. The number of rotatable bonds is 9. The van der Waals surface area contributed by atoms with Gasteiger partial charge in [0, 0.05) is 31.7 Å². The summed E-state index contributed by atoms with van der Waals surface area (Å²) >= 11 is 0. The molecule has 6 nitrogen and oxygen atoms in total. The molecule has 0 heterocycles. The van der Waals surface area contributed by atoms with Gasteiger partial charge >= 0.3 is 0 Å². The van der Waals surface area contributed by atoms with E-state index >= 15 is 0 Å². The number of amides is 1. The van der Waals surface area contributed by atoms with Crippen molar-refractivity contribution >= 4 is 41.5 Å². The van der Waals surface area contributed by atoms with Crippen LogP contribution in [-0.2, 0) is 11.3 Å². The van der Waals surface area contributed by atoms with Gasteiger partial charge in [-0.2, -0.15) is 0 Å². The van der Waals surface area contributed by atoms with Gasteiger partial charge < -0.3 is 20.7 Å². The fraction of sp³-hybridized carbons (Fsp3) is 0.391. The second kappa shape index (κ2) is 13.1. The summed E-state index contributed by atoms with van der Waals surface area (Å²) in [6.07, 6.45) is 4.04. The highest BCUT2D eigenvalue weighted by Gasteiger charge is 2.25. The number of nitrogens with zero attached hydrogens (tertiary/aromatic N) is 1. The molecule has 0 atom stereocenters. The van der Waals surface area contributed by atoms with Gasteiger partial charge in [0.2, 0.25) is 5.91 Å². The van der Waals surface area contributed by atoms with E-state index in [2.05, 4.69) is 20.9 Å². The molecule has 2 aromatic carbocycles. The number of halogens is 1. The molecule has 0 aromatic heterocycles. The van der Waals surface area contributed by atoms with E-state index in [4.69, 9.17) is 4.74 Å². The highest BCUT2D eigenvalue weighted by Crippen LogP contribution is 2.27. The maximum atomic E-state index is 12.1. The molecule has 2 aromatic rings. The van der Waals surface area contributed by atoms with Gasteiger partial charge in [-0.3, -0.25) is 9.79 Å². The van der Waals surface area contributed by atoms with Crippen LogP contribution in [0.3, 0.4) is 0 Å². The van der Waals surface area contributed by atoms with E-state index in [1.165, 1.54) is 0 Å². The Morgan fingerprint density at radius 2 is 1.90 bits per heavy atom. The largest absolute Gasteiger partial charge is 0.494 e. The number of anilines is 1. The minimum absolute atomic E-state index is 0. The van der Waals surface area contributed by atoms with Gasteiger partial charge in [-0.15, -0.1) is 24.0 Å². The molecule has 0 aliphatic heterocycles. The molecule has 0 unspecified atom stereocenters. The number of guanidine groups is 1. The van der Waals surface area contributed by atoms with Gasteiger partial charge in [0.05, 0.1) is 6.61 Å². The predicted octanol–water partition coefficient (Wildman–Crippen LogP) is 4.18. The summed E-state index contributed by atoms with van der Waals surface area (Å²) in [6, 6.07) is 17.7. The topological polar surface area (TPSA) is 74.8 Å². The molecule has 7 heteroatoms. The van der Waals surface area contributed by atoms with Crippen LogP contribution >= 0.6 is 24.0 Å². The van der Waals surface area contributed by atoms with E-state index in [-0.39, 0.29) is 35.8 Å². The third-order valence-corrected chi connectivity index (χ3v) is 4.98. The smallest absolute Gasteiger partial charge is 0.227 e. The van der Waals surface area contributed by atoms with Crippen LogP contribution in [0.15, 0.2) is 59.6 Å². The van der Waals surface area contributed by atoms with Crippen LogP contribution < -0.4 is 20.7 Å². The number of hydrogen-bond acceptors (Lipinski definition) is 3. The highest BCUT2D eigenvalue weighted by atomic mass is 127. The molecule has 3 N–H and O–H groups in total. The van der Waals surface area contributed by atoms with Crippen LogP contribution in [0.4, 0.5) is 5.69 Å². The van der Waals surface area contributed by atoms with E-state index in [0.717, 1.165) is 55.2 Å². The molecule has 0 saturated heterocycles. The normalized spacial score (nSPS) is 13.6. The number of benzene rings is 2.